The van der Waals surface area contributed by atoms with E-state index < -0.39 is 0 Å². The number of hydrogen-bond acceptors (Lipinski definition) is 2. The highest BCUT2D eigenvalue weighted by molar-refractivity contribution is 5.09. The van der Waals surface area contributed by atoms with Crippen molar-refractivity contribution in [1.29, 1.82) is 0 Å². The number of likely N-dealkylation sites (N-methyl/N-ethyl adjacent to an activating group) is 1. The van der Waals surface area contributed by atoms with E-state index in [-0.39, 0.29) is 5.54 Å². The maximum absolute atomic E-state index is 5.97. The monoisotopic (exact) mass is 198 g/mol. The average molecular weight is 198 g/mol. The summed E-state index contributed by atoms with van der Waals surface area (Å²) in [6.45, 7) is 11.1. The predicted molar refractivity (Wildman–Crippen MR) is 62.3 cm³/mol. The van der Waals surface area contributed by atoms with Crippen molar-refractivity contribution in [2.24, 2.45) is 17.1 Å². The molecule has 1 aliphatic carbocycles. The van der Waals surface area contributed by atoms with Crippen LogP contribution < -0.4 is 5.73 Å². The van der Waals surface area contributed by atoms with Crippen LogP contribution in [-0.4, -0.2) is 30.6 Å². The van der Waals surface area contributed by atoms with Crippen LogP contribution in [-0.2, 0) is 0 Å². The van der Waals surface area contributed by atoms with Crippen molar-refractivity contribution in [1.82, 2.24) is 4.90 Å². The lowest BCUT2D eigenvalue weighted by Crippen LogP contribution is -2.56. The van der Waals surface area contributed by atoms with Crippen molar-refractivity contribution in [3.8, 4) is 0 Å². The zero-order valence-electron chi connectivity index (χ0n) is 10.4. The highest BCUT2D eigenvalue weighted by Gasteiger charge is 2.54. The molecular formula is C12H26N2. The van der Waals surface area contributed by atoms with Gasteiger partial charge in [0.2, 0.25) is 0 Å². The van der Waals surface area contributed by atoms with Crippen LogP contribution >= 0.6 is 0 Å². The summed E-state index contributed by atoms with van der Waals surface area (Å²) in [5, 5.41) is 0. The fraction of sp³-hybridized carbons (Fsp3) is 1.00. The highest BCUT2D eigenvalue weighted by Crippen LogP contribution is 2.55. The molecular weight excluding hydrogens is 172 g/mol. The number of rotatable bonds is 5. The smallest absolute Gasteiger partial charge is 0.0354 e. The van der Waals surface area contributed by atoms with Gasteiger partial charge in [-0.1, -0.05) is 20.8 Å². The van der Waals surface area contributed by atoms with Crippen molar-refractivity contribution in [2.45, 2.75) is 46.1 Å². The lowest BCUT2D eigenvalue weighted by atomic mass is 9.82. The maximum atomic E-state index is 5.97. The lowest BCUT2D eigenvalue weighted by molar-refractivity contribution is 0.0625. The molecule has 0 saturated heterocycles. The third-order valence-electron chi connectivity index (χ3n) is 4.18. The second-order valence-electron chi connectivity index (χ2n) is 5.81. The third kappa shape index (κ3) is 1.96. The van der Waals surface area contributed by atoms with Crippen LogP contribution in [0.5, 0.6) is 0 Å². The zero-order chi connectivity index (χ0) is 11.0. The molecule has 0 aliphatic heterocycles. The predicted octanol–water partition coefficient (Wildman–Crippen LogP) is 2.09. The molecule has 0 aromatic heterocycles. The Bertz CT molecular complexity index is 196. The molecule has 1 unspecified atom stereocenters. The molecule has 1 rings (SSSR count). The fourth-order valence-electron chi connectivity index (χ4n) is 2.34. The summed E-state index contributed by atoms with van der Waals surface area (Å²) >= 11 is 0. The van der Waals surface area contributed by atoms with Gasteiger partial charge in [0, 0.05) is 18.6 Å². The van der Waals surface area contributed by atoms with Gasteiger partial charge in [-0.15, -0.1) is 0 Å². The maximum Gasteiger partial charge on any atom is 0.0354 e. The first-order chi connectivity index (χ1) is 6.35. The lowest BCUT2D eigenvalue weighted by Gasteiger charge is -2.44. The molecule has 84 valence electrons. The van der Waals surface area contributed by atoms with Crippen LogP contribution in [0.1, 0.15) is 40.5 Å². The molecule has 0 aromatic rings. The normalized spacial score (nSPS) is 24.0. The Labute approximate surface area is 88.8 Å². The standard InChI is InChI=1S/C12H26N2/c1-10(2)8-14(5)12(4,9-13)11(3)6-7-11/h10H,6-9,13H2,1-5H3. The molecule has 0 aromatic carbocycles. The van der Waals surface area contributed by atoms with Gasteiger partial charge in [0.05, 0.1) is 0 Å². The average Bonchev–Trinajstić information content (AvgIpc) is 2.82. The van der Waals surface area contributed by atoms with E-state index in [1.54, 1.807) is 0 Å². The first-order valence-corrected chi connectivity index (χ1v) is 5.77. The summed E-state index contributed by atoms with van der Waals surface area (Å²) in [7, 11) is 2.22. The number of nitrogens with two attached hydrogens (primary N) is 1. The van der Waals surface area contributed by atoms with Crippen LogP contribution in [0.2, 0.25) is 0 Å². The van der Waals surface area contributed by atoms with E-state index in [1.807, 2.05) is 0 Å². The third-order valence-corrected chi connectivity index (χ3v) is 4.18. The summed E-state index contributed by atoms with van der Waals surface area (Å²) in [5.74, 6) is 0.716. The van der Waals surface area contributed by atoms with Crippen molar-refractivity contribution < 1.29 is 0 Å². The van der Waals surface area contributed by atoms with Gasteiger partial charge in [-0.25, -0.2) is 0 Å². The molecule has 1 fully saturated rings. The summed E-state index contributed by atoms with van der Waals surface area (Å²) in [6.07, 6.45) is 2.67. The molecule has 0 spiro atoms. The van der Waals surface area contributed by atoms with Crippen molar-refractivity contribution in [2.75, 3.05) is 20.1 Å². The SMILES string of the molecule is CC(C)CN(C)C(C)(CN)C1(C)CC1. The first kappa shape index (κ1) is 12.0. The van der Waals surface area contributed by atoms with Gasteiger partial charge in [-0.3, -0.25) is 4.90 Å². The summed E-state index contributed by atoms with van der Waals surface area (Å²) in [5.41, 5.74) is 6.62. The minimum absolute atomic E-state index is 0.192. The molecule has 0 heterocycles. The van der Waals surface area contributed by atoms with E-state index in [0.29, 0.717) is 11.3 Å². The molecule has 1 saturated carbocycles. The van der Waals surface area contributed by atoms with Gasteiger partial charge in [0.15, 0.2) is 0 Å². The second kappa shape index (κ2) is 3.82. The van der Waals surface area contributed by atoms with E-state index in [0.717, 1.165) is 13.1 Å². The Morgan fingerprint density at radius 2 is 1.93 bits per heavy atom. The number of nitrogens with zero attached hydrogens (tertiary/aromatic N) is 1. The summed E-state index contributed by atoms with van der Waals surface area (Å²) < 4.78 is 0. The van der Waals surface area contributed by atoms with E-state index in [1.165, 1.54) is 12.8 Å². The van der Waals surface area contributed by atoms with Gasteiger partial charge in [0.1, 0.15) is 0 Å². The van der Waals surface area contributed by atoms with Crippen molar-refractivity contribution in [3.05, 3.63) is 0 Å². The highest BCUT2D eigenvalue weighted by atomic mass is 15.2. The van der Waals surface area contributed by atoms with Gasteiger partial charge in [-0.2, -0.15) is 0 Å². The molecule has 0 bridgehead atoms. The van der Waals surface area contributed by atoms with Crippen LogP contribution in [0.15, 0.2) is 0 Å². The fourth-order valence-corrected chi connectivity index (χ4v) is 2.34. The molecule has 0 radical (unpaired) electrons. The quantitative estimate of drug-likeness (QED) is 0.733. The zero-order valence-corrected chi connectivity index (χ0v) is 10.4. The molecule has 0 amide bonds. The Morgan fingerprint density at radius 1 is 1.43 bits per heavy atom. The molecule has 14 heavy (non-hydrogen) atoms. The van der Waals surface area contributed by atoms with Crippen LogP contribution in [0.25, 0.3) is 0 Å². The molecule has 1 atom stereocenters. The Hall–Kier alpha value is -0.0800. The van der Waals surface area contributed by atoms with E-state index in [4.69, 9.17) is 5.73 Å². The topological polar surface area (TPSA) is 29.3 Å². The van der Waals surface area contributed by atoms with Crippen molar-refractivity contribution >= 4 is 0 Å². The number of hydrogen-bond donors (Lipinski definition) is 1. The minimum Gasteiger partial charge on any atom is -0.329 e. The molecule has 1 aliphatic rings. The minimum atomic E-state index is 0.192. The van der Waals surface area contributed by atoms with E-state index in [2.05, 4.69) is 39.6 Å². The first-order valence-electron chi connectivity index (χ1n) is 5.77. The second-order valence-corrected chi connectivity index (χ2v) is 5.81. The summed E-state index contributed by atoms with van der Waals surface area (Å²) in [4.78, 5) is 2.46. The van der Waals surface area contributed by atoms with E-state index in [9.17, 15) is 0 Å². The van der Waals surface area contributed by atoms with Gasteiger partial charge >= 0.3 is 0 Å². The molecule has 2 heteroatoms. The van der Waals surface area contributed by atoms with Crippen LogP contribution in [0.4, 0.5) is 0 Å². The van der Waals surface area contributed by atoms with Gasteiger partial charge in [-0.05, 0) is 38.1 Å². The van der Waals surface area contributed by atoms with Crippen LogP contribution in [0.3, 0.4) is 0 Å². The van der Waals surface area contributed by atoms with Crippen LogP contribution in [0, 0.1) is 11.3 Å². The van der Waals surface area contributed by atoms with Crippen molar-refractivity contribution in [3.63, 3.8) is 0 Å². The Morgan fingerprint density at radius 3 is 2.21 bits per heavy atom. The van der Waals surface area contributed by atoms with Gasteiger partial charge in [0.25, 0.3) is 0 Å². The molecule has 2 nitrogen and oxygen atoms in total. The summed E-state index contributed by atoms with van der Waals surface area (Å²) in [6, 6.07) is 0. The molecule has 2 N–H and O–H groups in total. The largest absolute Gasteiger partial charge is 0.329 e. The van der Waals surface area contributed by atoms with Gasteiger partial charge < -0.3 is 5.73 Å². The van der Waals surface area contributed by atoms with E-state index >= 15 is 0 Å². The Balaban J connectivity index is 2.69. The Kier molecular flexibility index (Phi) is 3.27.